The number of hydrogen-bond donors (Lipinski definition) is 0. The van der Waals surface area contributed by atoms with Crippen LogP contribution < -0.4 is 9.47 Å². The summed E-state index contributed by atoms with van der Waals surface area (Å²) in [6, 6.07) is 30.0. The Kier molecular flexibility index (Phi) is 7.58. The molecule has 0 aliphatic carbocycles. The maximum atomic E-state index is 13.3. The highest BCUT2D eigenvalue weighted by atomic mass is 16.5. The predicted octanol–water partition coefficient (Wildman–Crippen LogP) is 6.01. The molecule has 0 fully saturated rings. The number of ketones is 1. The maximum Gasteiger partial charge on any atom is 0.339 e. The van der Waals surface area contributed by atoms with Gasteiger partial charge in [0.2, 0.25) is 5.78 Å². The van der Waals surface area contributed by atoms with Crippen molar-refractivity contribution in [3.05, 3.63) is 125 Å². The van der Waals surface area contributed by atoms with Crippen LogP contribution in [0.3, 0.4) is 0 Å². The van der Waals surface area contributed by atoms with Gasteiger partial charge in [0.1, 0.15) is 29.4 Å². The summed E-state index contributed by atoms with van der Waals surface area (Å²) in [4.78, 5) is 26.3. The third kappa shape index (κ3) is 5.82. The number of ether oxygens (including phenoxy) is 3. The van der Waals surface area contributed by atoms with Gasteiger partial charge in [-0.2, -0.15) is 10.5 Å². The number of carbonyl (C=O) groups is 2. The number of hydrogen-bond acceptors (Lipinski definition) is 7. The monoisotopic (exact) mass is 488 g/mol. The highest BCUT2D eigenvalue weighted by Gasteiger charge is 2.27. The molecule has 0 bridgehead atoms. The van der Waals surface area contributed by atoms with E-state index in [9.17, 15) is 14.9 Å². The Morgan fingerprint density at radius 3 is 1.92 bits per heavy atom. The Hall–Kier alpha value is -5.40. The minimum atomic E-state index is -1.14. The highest BCUT2D eigenvalue weighted by Crippen LogP contribution is 2.27. The quantitative estimate of drug-likeness (QED) is 0.221. The summed E-state index contributed by atoms with van der Waals surface area (Å²) < 4.78 is 16.6. The molecule has 0 unspecified atom stereocenters. The van der Waals surface area contributed by atoms with Gasteiger partial charge < -0.3 is 14.2 Å². The van der Waals surface area contributed by atoms with E-state index < -0.39 is 12.1 Å². The molecule has 0 radical (unpaired) electrons. The lowest BCUT2D eigenvalue weighted by Gasteiger charge is -2.18. The molecule has 180 valence electrons. The van der Waals surface area contributed by atoms with Crippen molar-refractivity contribution in [2.45, 2.75) is 6.10 Å². The average Bonchev–Trinajstić information content (AvgIpc) is 2.96. The van der Waals surface area contributed by atoms with E-state index in [0.29, 0.717) is 28.4 Å². The van der Waals surface area contributed by atoms with E-state index in [1.807, 2.05) is 18.2 Å². The van der Waals surface area contributed by atoms with Gasteiger partial charge in [-0.15, -0.1) is 0 Å². The summed E-state index contributed by atoms with van der Waals surface area (Å²) in [5, 5.41) is 18.2. The Labute approximate surface area is 213 Å². The molecule has 0 spiro atoms. The molecule has 7 nitrogen and oxygen atoms in total. The molecule has 0 amide bonds. The van der Waals surface area contributed by atoms with Gasteiger partial charge >= 0.3 is 5.97 Å². The van der Waals surface area contributed by atoms with Crippen molar-refractivity contribution in [1.29, 1.82) is 10.5 Å². The summed E-state index contributed by atoms with van der Waals surface area (Å²) in [5.74, 6) is 0.361. The second kappa shape index (κ2) is 11.4. The minimum Gasteiger partial charge on any atom is -0.497 e. The lowest BCUT2D eigenvalue weighted by molar-refractivity contribution is 0.0280. The summed E-state index contributed by atoms with van der Waals surface area (Å²) in [7, 11) is 1.54. The van der Waals surface area contributed by atoms with E-state index in [0.717, 1.165) is 0 Å². The fraction of sp³-hybridized carbons (Fsp3) is 0.0667. The highest BCUT2D eigenvalue weighted by molar-refractivity contribution is 6.02. The molecule has 4 aromatic carbocycles. The van der Waals surface area contributed by atoms with Crippen LogP contribution in [0.1, 0.15) is 43.5 Å². The van der Waals surface area contributed by atoms with Crippen LogP contribution in [0.2, 0.25) is 0 Å². The molecule has 37 heavy (non-hydrogen) atoms. The molecular weight excluding hydrogens is 468 g/mol. The molecule has 0 saturated carbocycles. The zero-order valence-corrected chi connectivity index (χ0v) is 19.8. The van der Waals surface area contributed by atoms with Crippen molar-refractivity contribution in [2.75, 3.05) is 7.11 Å². The topological polar surface area (TPSA) is 109 Å². The second-order valence-corrected chi connectivity index (χ2v) is 7.85. The number of nitrogens with zero attached hydrogens (tertiary/aromatic N) is 2. The Morgan fingerprint density at radius 2 is 1.30 bits per heavy atom. The summed E-state index contributed by atoms with van der Waals surface area (Å²) in [6.07, 6.45) is -1.14. The van der Waals surface area contributed by atoms with Crippen LogP contribution in [0, 0.1) is 22.7 Å². The van der Waals surface area contributed by atoms with E-state index in [2.05, 4.69) is 0 Å². The molecule has 0 saturated heterocycles. The molecular formula is C30H20N2O5. The van der Waals surface area contributed by atoms with E-state index in [4.69, 9.17) is 19.5 Å². The van der Waals surface area contributed by atoms with Gasteiger partial charge in [-0.1, -0.05) is 30.3 Å². The van der Waals surface area contributed by atoms with Crippen LogP contribution in [0.4, 0.5) is 0 Å². The SMILES string of the molecule is COc1ccc(C(=O)[C@H](OC(=O)c2ccc(Oc3ccc(C#N)c(C#N)c3)cc2)c2ccccc2)cc1. The molecule has 0 aromatic heterocycles. The Bertz CT molecular complexity index is 1500. The molecule has 0 heterocycles. The van der Waals surface area contributed by atoms with E-state index >= 15 is 0 Å². The first-order valence-corrected chi connectivity index (χ1v) is 11.2. The average molecular weight is 488 g/mol. The number of nitriles is 2. The Balaban J connectivity index is 1.52. The normalized spacial score (nSPS) is 10.9. The lowest BCUT2D eigenvalue weighted by Crippen LogP contribution is -2.20. The van der Waals surface area contributed by atoms with E-state index in [-0.39, 0.29) is 22.5 Å². The van der Waals surface area contributed by atoms with Crippen LogP contribution in [-0.2, 0) is 4.74 Å². The molecule has 0 aliphatic heterocycles. The van der Waals surface area contributed by atoms with Gasteiger partial charge in [0.05, 0.1) is 23.8 Å². The number of rotatable bonds is 8. The van der Waals surface area contributed by atoms with Crippen LogP contribution in [0.5, 0.6) is 17.2 Å². The first kappa shape index (κ1) is 24.7. The van der Waals surface area contributed by atoms with Crippen molar-refractivity contribution in [2.24, 2.45) is 0 Å². The van der Waals surface area contributed by atoms with E-state index in [1.54, 1.807) is 66.7 Å². The van der Waals surface area contributed by atoms with Crippen molar-refractivity contribution < 1.29 is 23.8 Å². The Morgan fingerprint density at radius 1 is 0.703 bits per heavy atom. The van der Waals surface area contributed by atoms with Crippen LogP contribution in [0.25, 0.3) is 0 Å². The fourth-order valence-electron chi connectivity index (χ4n) is 3.55. The van der Waals surface area contributed by atoms with Gasteiger partial charge in [0.25, 0.3) is 0 Å². The minimum absolute atomic E-state index is 0.202. The van der Waals surface area contributed by atoms with Crippen LogP contribution in [-0.4, -0.2) is 18.9 Å². The van der Waals surface area contributed by atoms with Gasteiger partial charge in [-0.3, -0.25) is 4.79 Å². The van der Waals surface area contributed by atoms with E-state index in [1.165, 1.54) is 31.4 Å². The predicted molar refractivity (Wildman–Crippen MR) is 134 cm³/mol. The van der Waals surface area contributed by atoms with Crippen molar-refractivity contribution >= 4 is 11.8 Å². The summed E-state index contributed by atoms with van der Waals surface area (Å²) in [5.41, 5.74) is 1.61. The second-order valence-electron chi connectivity index (χ2n) is 7.85. The molecule has 0 N–H and O–H groups in total. The number of carbonyl (C=O) groups excluding carboxylic acids is 2. The molecule has 7 heteroatoms. The largest absolute Gasteiger partial charge is 0.497 e. The van der Waals surface area contributed by atoms with Crippen molar-refractivity contribution in [3.63, 3.8) is 0 Å². The van der Waals surface area contributed by atoms with Crippen LogP contribution in [0.15, 0.2) is 97.1 Å². The van der Waals surface area contributed by atoms with Gasteiger partial charge in [0, 0.05) is 11.1 Å². The smallest absolute Gasteiger partial charge is 0.339 e. The first-order valence-electron chi connectivity index (χ1n) is 11.2. The summed E-state index contributed by atoms with van der Waals surface area (Å²) >= 11 is 0. The molecule has 4 rings (SSSR count). The molecule has 0 aliphatic rings. The third-order valence-corrected chi connectivity index (χ3v) is 5.50. The maximum absolute atomic E-state index is 13.3. The fourth-order valence-corrected chi connectivity index (χ4v) is 3.55. The lowest BCUT2D eigenvalue weighted by atomic mass is 9.99. The van der Waals surface area contributed by atoms with Gasteiger partial charge in [-0.25, -0.2) is 4.79 Å². The molecule has 1 atom stereocenters. The van der Waals surface area contributed by atoms with Crippen molar-refractivity contribution in [1.82, 2.24) is 0 Å². The number of methoxy groups -OCH3 is 1. The van der Waals surface area contributed by atoms with Crippen molar-refractivity contribution in [3.8, 4) is 29.4 Å². The first-order chi connectivity index (χ1) is 18.0. The number of benzene rings is 4. The molecule has 4 aromatic rings. The van der Waals surface area contributed by atoms with Gasteiger partial charge in [-0.05, 0) is 66.7 Å². The summed E-state index contributed by atoms with van der Waals surface area (Å²) in [6.45, 7) is 0. The number of Topliss-reactive ketones (excluding diaryl/α,β-unsaturated/α-hetero) is 1. The standard InChI is InChI=1S/C30H20N2O5/c1-35-25-12-7-20(8-13-25)28(33)29(21-5-3-2-4-6-21)37-30(34)22-9-14-26(15-10-22)36-27-16-11-23(18-31)24(17-27)19-32/h2-17,29H,1H3/t29-/m1/s1. The van der Waals surface area contributed by atoms with Crippen LogP contribution >= 0.6 is 0 Å². The third-order valence-electron chi connectivity index (χ3n) is 5.50. The zero-order valence-electron chi connectivity index (χ0n) is 19.8. The van der Waals surface area contributed by atoms with Gasteiger partial charge in [0.15, 0.2) is 6.10 Å². The zero-order chi connectivity index (χ0) is 26.2. The number of esters is 1.